The molecule has 1 saturated heterocycles. The molecule has 1 fully saturated rings. The summed E-state index contributed by atoms with van der Waals surface area (Å²) >= 11 is 0. The lowest BCUT2D eigenvalue weighted by Gasteiger charge is -2.30. The van der Waals surface area contributed by atoms with Crippen LogP contribution in [0.1, 0.15) is 36.5 Å². The number of benzene rings is 1. The highest BCUT2D eigenvalue weighted by Crippen LogP contribution is 2.30. The molecule has 0 radical (unpaired) electrons. The van der Waals surface area contributed by atoms with E-state index < -0.39 is 0 Å². The predicted octanol–water partition coefficient (Wildman–Crippen LogP) is 3.60. The van der Waals surface area contributed by atoms with E-state index in [2.05, 4.69) is 52.7 Å². The van der Waals surface area contributed by atoms with Crippen LogP contribution >= 0.6 is 0 Å². The van der Waals surface area contributed by atoms with E-state index in [9.17, 15) is 0 Å². The Morgan fingerprint density at radius 3 is 2.79 bits per heavy atom. The van der Waals surface area contributed by atoms with Crippen LogP contribution in [0.3, 0.4) is 0 Å². The molecule has 0 atom stereocenters. The summed E-state index contributed by atoms with van der Waals surface area (Å²) in [7, 11) is 0. The van der Waals surface area contributed by atoms with Crippen LogP contribution in [0.5, 0.6) is 0 Å². The normalized spacial score (nSPS) is 18.1. The molecule has 0 amide bonds. The van der Waals surface area contributed by atoms with Gasteiger partial charge in [0.25, 0.3) is 0 Å². The van der Waals surface area contributed by atoms with Crippen LogP contribution in [0.2, 0.25) is 0 Å². The lowest BCUT2D eigenvalue weighted by Crippen LogP contribution is -2.31. The molecule has 0 aliphatic carbocycles. The third kappa shape index (κ3) is 3.74. The van der Waals surface area contributed by atoms with Gasteiger partial charge < -0.3 is 10.1 Å². The summed E-state index contributed by atoms with van der Waals surface area (Å²) in [6.07, 6.45) is 7.23. The zero-order chi connectivity index (χ0) is 19.6. The highest BCUT2D eigenvalue weighted by Gasteiger charge is 2.22. The fourth-order valence-electron chi connectivity index (χ4n) is 4.57. The molecule has 152 valence electrons. The van der Waals surface area contributed by atoms with Crippen LogP contribution in [-0.2, 0) is 30.8 Å². The predicted molar refractivity (Wildman–Crippen MR) is 115 cm³/mol. The molecule has 3 aromatic rings. The highest BCUT2D eigenvalue weighted by atomic mass is 16.5. The number of rotatable bonds is 5. The van der Waals surface area contributed by atoms with E-state index in [-0.39, 0.29) is 0 Å². The van der Waals surface area contributed by atoms with Crippen LogP contribution in [0, 0.1) is 0 Å². The Morgan fingerprint density at radius 1 is 1.14 bits per heavy atom. The number of nitrogens with one attached hydrogen (secondary N) is 1. The maximum Gasteiger partial charge on any atom is 0.159 e. The van der Waals surface area contributed by atoms with Crippen molar-refractivity contribution in [2.45, 2.75) is 51.9 Å². The molecule has 5 rings (SSSR count). The van der Waals surface area contributed by atoms with Gasteiger partial charge in [-0.3, -0.25) is 4.90 Å². The second-order valence-corrected chi connectivity index (χ2v) is 8.12. The Kier molecular flexibility index (Phi) is 5.21. The number of nitrogens with zero attached hydrogens (tertiary/aromatic N) is 4. The van der Waals surface area contributed by atoms with Crippen LogP contribution in [0.25, 0.3) is 11.0 Å². The minimum atomic E-state index is 0.445. The summed E-state index contributed by atoms with van der Waals surface area (Å²) in [4.78, 5) is 7.32. The SMILES string of the molecule is CCn1ncc2c(NC3CCOCC3)c(CN3CCc4ccccc4C3)cnc21. The maximum atomic E-state index is 5.55. The van der Waals surface area contributed by atoms with E-state index in [1.165, 1.54) is 22.4 Å². The molecule has 2 aliphatic rings. The van der Waals surface area contributed by atoms with E-state index >= 15 is 0 Å². The molecule has 0 saturated carbocycles. The van der Waals surface area contributed by atoms with Crippen molar-refractivity contribution in [2.24, 2.45) is 0 Å². The van der Waals surface area contributed by atoms with Crippen LogP contribution < -0.4 is 5.32 Å². The molecule has 29 heavy (non-hydrogen) atoms. The standard InChI is InChI=1S/C23H29N5O/c1-2-28-23-21(14-25-28)22(26-20-8-11-29-12-9-20)19(13-24-23)16-27-10-7-17-5-3-4-6-18(17)15-27/h3-6,13-14,20H,2,7-12,15-16H2,1H3,(H,24,26). The Bertz CT molecular complexity index is 992. The number of aromatic nitrogens is 3. The zero-order valence-corrected chi connectivity index (χ0v) is 17.1. The average molecular weight is 392 g/mol. The fraction of sp³-hybridized carbons (Fsp3) is 0.478. The van der Waals surface area contributed by atoms with Crippen molar-refractivity contribution in [3.8, 4) is 0 Å². The van der Waals surface area contributed by atoms with Crippen LogP contribution in [-0.4, -0.2) is 45.5 Å². The lowest BCUT2D eigenvalue weighted by atomic mass is 9.99. The van der Waals surface area contributed by atoms with E-state index in [0.717, 1.165) is 69.7 Å². The molecule has 1 N–H and O–H groups in total. The summed E-state index contributed by atoms with van der Waals surface area (Å²) in [6.45, 7) is 7.59. The first-order chi connectivity index (χ1) is 14.3. The first-order valence-corrected chi connectivity index (χ1v) is 10.8. The molecule has 0 bridgehead atoms. The highest BCUT2D eigenvalue weighted by molar-refractivity contribution is 5.90. The van der Waals surface area contributed by atoms with Crippen molar-refractivity contribution in [1.82, 2.24) is 19.7 Å². The third-order valence-electron chi connectivity index (χ3n) is 6.22. The second kappa shape index (κ2) is 8.13. The van der Waals surface area contributed by atoms with Gasteiger partial charge in [-0.15, -0.1) is 0 Å². The first kappa shape index (κ1) is 18.6. The van der Waals surface area contributed by atoms with Crippen LogP contribution in [0.4, 0.5) is 5.69 Å². The molecule has 2 aliphatic heterocycles. The molecule has 1 aromatic carbocycles. The Balaban J connectivity index is 1.45. The maximum absolute atomic E-state index is 5.55. The molecule has 2 aromatic heterocycles. The monoisotopic (exact) mass is 391 g/mol. The molecule has 0 spiro atoms. The van der Waals surface area contributed by atoms with Crippen molar-refractivity contribution in [1.29, 1.82) is 0 Å². The third-order valence-corrected chi connectivity index (χ3v) is 6.22. The lowest BCUT2D eigenvalue weighted by molar-refractivity contribution is 0.0904. The Morgan fingerprint density at radius 2 is 1.97 bits per heavy atom. The number of pyridine rings is 1. The molecular weight excluding hydrogens is 362 g/mol. The van der Waals surface area contributed by atoms with Gasteiger partial charge in [0.15, 0.2) is 5.65 Å². The summed E-state index contributed by atoms with van der Waals surface area (Å²) in [5, 5.41) is 9.53. The van der Waals surface area contributed by atoms with Crippen molar-refractivity contribution in [3.63, 3.8) is 0 Å². The number of fused-ring (bicyclic) bond motifs is 2. The van der Waals surface area contributed by atoms with Gasteiger partial charge in [-0.1, -0.05) is 24.3 Å². The van der Waals surface area contributed by atoms with Gasteiger partial charge in [-0.2, -0.15) is 5.10 Å². The van der Waals surface area contributed by atoms with Gasteiger partial charge in [0.2, 0.25) is 0 Å². The van der Waals surface area contributed by atoms with E-state index in [0.29, 0.717) is 6.04 Å². The van der Waals surface area contributed by atoms with E-state index in [4.69, 9.17) is 9.72 Å². The van der Waals surface area contributed by atoms with Gasteiger partial charge >= 0.3 is 0 Å². The fourth-order valence-corrected chi connectivity index (χ4v) is 4.57. The zero-order valence-electron chi connectivity index (χ0n) is 17.1. The van der Waals surface area contributed by atoms with Gasteiger partial charge in [0, 0.05) is 57.2 Å². The Hall–Kier alpha value is -2.44. The van der Waals surface area contributed by atoms with Crippen molar-refractivity contribution in [3.05, 3.63) is 53.3 Å². The average Bonchev–Trinajstić information content (AvgIpc) is 3.19. The number of anilines is 1. The second-order valence-electron chi connectivity index (χ2n) is 8.12. The van der Waals surface area contributed by atoms with E-state index in [1.807, 2.05) is 10.9 Å². The van der Waals surface area contributed by atoms with Gasteiger partial charge in [-0.25, -0.2) is 9.67 Å². The number of ether oxygens (including phenoxy) is 1. The van der Waals surface area contributed by atoms with Gasteiger partial charge in [0.05, 0.1) is 17.3 Å². The summed E-state index contributed by atoms with van der Waals surface area (Å²) in [5.74, 6) is 0. The smallest absolute Gasteiger partial charge is 0.159 e. The molecule has 6 heteroatoms. The summed E-state index contributed by atoms with van der Waals surface area (Å²) in [6, 6.07) is 9.26. The number of hydrogen-bond donors (Lipinski definition) is 1. The van der Waals surface area contributed by atoms with E-state index in [1.54, 1.807) is 0 Å². The largest absolute Gasteiger partial charge is 0.381 e. The van der Waals surface area contributed by atoms with Crippen molar-refractivity contribution in [2.75, 3.05) is 25.1 Å². The van der Waals surface area contributed by atoms with Crippen molar-refractivity contribution >= 4 is 16.7 Å². The number of aryl methyl sites for hydroxylation is 1. The first-order valence-electron chi connectivity index (χ1n) is 10.8. The van der Waals surface area contributed by atoms with Crippen molar-refractivity contribution < 1.29 is 4.74 Å². The van der Waals surface area contributed by atoms with Gasteiger partial charge in [-0.05, 0) is 37.3 Å². The molecule has 6 nitrogen and oxygen atoms in total. The van der Waals surface area contributed by atoms with Gasteiger partial charge in [0.1, 0.15) is 0 Å². The summed E-state index contributed by atoms with van der Waals surface area (Å²) < 4.78 is 7.53. The topological polar surface area (TPSA) is 55.2 Å². The minimum Gasteiger partial charge on any atom is -0.381 e. The minimum absolute atomic E-state index is 0.445. The molecular formula is C23H29N5O. The quantitative estimate of drug-likeness (QED) is 0.720. The number of hydrogen-bond acceptors (Lipinski definition) is 5. The molecule has 0 unspecified atom stereocenters. The Labute approximate surface area is 171 Å². The van der Waals surface area contributed by atoms with Crippen LogP contribution in [0.15, 0.2) is 36.7 Å². The molecule has 4 heterocycles. The summed E-state index contributed by atoms with van der Waals surface area (Å²) in [5.41, 5.74) is 6.38.